The molecule has 0 radical (unpaired) electrons. The molecule has 100 valence electrons. The van der Waals surface area contributed by atoms with Gasteiger partial charge < -0.3 is 5.73 Å². The summed E-state index contributed by atoms with van der Waals surface area (Å²) in [5, 5.41) is 2.12. The standard InChI is InChI=1S/C18H17NS/c1-13-9-10-16(19)15(12-13)18(17-8-5-11-20-17)14-6-3-2-4-7-14/h2-12,18H,19H2,1H3. The first-order valence-electron chi connectivity index (χ1n) is 6.70. The summed E-state index contributed by atoms with van der Waals surface area (Å²) in [6, 6.07) is 21.1. The van der Waals surface area contributed by atoms with Crippen molar-refractivity contribution in [3.63, 3.8) is 0 Å². The highest BCUT2D eigenvalue weighted by atomic mass is 32.1. The van der Waals surface area contributed by atoms with Crippen LogP contribution in [0.15, 0.2) is 66.0 Å². The zero-order chi connectivity index (χ0) is 13.9. The van der Waals surface area contributed by atoms with E-state index in [9.17, 15) is 0 Å². The van der Waals surface area contributed by atoms with E-state index >= 15 is 0 Å². The maximum atomic E-state index is 6.24. The molecule has 0 spiro atoms. The topological polar surface area (TPSA) is 26.0 Å². The molecule has 1 atom stereocenters. The second-order valence-electron chi connectivity index (χ2n) is 4.99. The van der Waals surface area contributed by atoms with Gasteiger partial charge in [-0.3, -0.25) is 0 Å². The van der Waals surface area contributed by atoms with Crippen LogP contribution in [0.5, 0.6) is 0 Å². The number of nitrogen functional groups attached to an aromatic ring is 1. The van der Waals surface area contributed by atoms with E-state index < -0.39 is 0 Å². The molecule has 1 heterocycles. The summed E-state index contributed by atoms with van der Waals surface area (Å²) in [6.07, 6.45) is 0. The Labute approximate surface area is 123 Å². The van der Waals surface area contributed by atoms with Gasteiger partial charge in [0, 0.05) is 16.5 Å². The second kappa shape index (κ2) is 5.51. The van der Waals surface area contributed by atoms with Crippen LogP contribution < -0.4 is 5.73 Å². The van der Waals surface area contributed by atoms with E-state index in [-0.39, 0.29) is 5.92 Å². The predicted octanol–water partition coefficient (Wildman–Crippen LogP) is 4.82. The summed E-state index contributed by atoms with van der Waals surface area (Å²) in [5.74, 6) is 0.219. The summed E-state index contributed by atoms with van der Waals surface area (Å²) in [5.41, 5.74) is 10.8. The molecule has 0 bridgehead atoms. The largest absolute Gasteiger partial charge is 0.398 e. The minimum atomic E-state index is 0.219. The van der Waals surface area contributed by atoms with Crippen LogP contribution in [-0.4, -0.2) is 0 Å². The highest BCUT2D eigenvalue weighted by Gasteiger charge is 2.19. The Balaban J connectivity index is 2.18. The Hall–Kier alpha value is -2.06. The van der Waals surface area contributed by atoms with Gasteiger partial charge >= 0.3 is 0 Å². The first-order valence-corrected chi connectivity index (χ1v) is 7.58. The van der Waals surface area contributed by atoms with Gasteiger partial charge in [0.2, 0.25) is 0 Å². The Kier molecular flexibility index (Phi) is 3.57. The lowest BCUT2D eigenvalue weighted by Gasteiger charge is -2.19. The van der Waals surface area contributed by atoms with E-state index in [0.29, 0.717) is 0 Å². The molecule has 0 saturated heterocycles. The highest BCUT2D eigenvalue weighted by Crippen LogP contribution is 2.37. The lowest BCUT2D eigenvalue weighted by molar-refractivity contribution is 1.01. The molecule has 2 N–H and O–H groups in total. The fourth-order valence-electron chi connectivity index (χ4n) is 2.54. The number of aryl methyl sites for hydroxylation is 1. The van der Waals surface area contributed by atoms with Gasteiger partial charge in [-0.1, -0.05) is 54.1 Å². The third-order valence-electron chi connectivity index (χ3n) is 3.51. The zero-order valence-corrected chi connectivity index (χ0v) is 12.2. The van der Waals surface area contributed by atoms with Crippen molar-refractivity contribution in [1.29, 1.82) is 0 Å². The van der Waals surface area contributed by atoms with Crippen molar-refractivity contribution in [2.45, 2.75) is 12.8 Å². The maximum Gasteiger partial charge on any atom is 0.0454 e. The second-order valence-corrected chi connectivity index (χ2v) is 5.97. The Morgan fingerprint density at radius 3 is 2.45 bits per heavy atom. The number of nitrogens with two attached hydrogens (primary N) is 1. The van der Waals surface area contributed by atoms with E-state index in [1.54, 1.807) is 11.3 Å². The minimum Gasteiger partial charge on any atom is -0.398 e. The Morgan fingerprint density at radius 1 is 0.950 bits per heavy atom. The van der Waals surface area contributed by atoms with Crippen molar-refractivity contribution in [2.24, 2.45) is 0 Å². The maximum absolute atomic E-state index is 6.24. The number of hydrogen-bond acceptors (Lipinski definition) is 2. The van der Waals surface area contributed by atoms with Gasteiger partial charge in [-0.05, 0) is 35.6 Å². The number of rotatable bonds is 3. The Morgan fingerprint density at radius 2 is 1.75 bits per heavy atom. The van der Waals surface area contributed by atoms with E-state index in [1.807, 2.05) is 6.07 Å². The number of anilines is 1. The van der Waals surface area contributed by atoms with Gasteiger partial charge in [-0.15, -0.1) is 11.3 Å². The predicted molar refractivity (Wildman–Crippen MR) is 87.3 cm³/mol. The molecule has 0 saturated carbocycles. The molecule has 3 rings (SSSR count). The molecule has 0 amide bonds. The molecule has 0 fully saturated rings. The molecule has 0 aliphatic rings. The molecule has 1 nitrogen and oxygen atoms in total. The molecule has 0 aliphatic carbocycles. The molecular formula is C18H17NS. The van der Waals surface area contributed by atoms with E-state index in [1.165, 1.54) is 21.6 Å². The lowest BCUT2D eigenvalue weighted by Crippen LogP contribution is -2.05. The van der Waals surface area contributed by atoms with Gasteiger partial charge in [0.1, 0.15) is 0 Å². The normalized spacial score (nSPS) is 12.2. The van der Waals surface area contributed by atoms with Crippen molar-refractivity contribution in [3.8, 4) is 0 Å². The fraction of sp³-hybridized carbons (Fsp3) is 0.111. The molecule has 20 heavy (non-hydrogen) atoms. The highest BCUT2D eigenvalue weighted by molar-refractivity contribution is 7.10. The summed E-state index contributed by atoms with van der Waals surface area (Å²) < 4.78 is 0. The molecule has 3 aromatic rings. The lowest BCUT2D eigenvalue weighted by atomic mass is 9.88. The molecule has 1 unspecified atom stereocenters. The molecule has 2 heteroatoms. The summed E-state index contributed by atoms with van der Waals surface area (Å²) in [4.78, 5) is 1.33. The van der Waals surface area contributed by atoms with Gasteiger partial charge in [0.15, 0.2) is 0 Å². The minimum absolute atomic E-state index is 0.219. The van der Waals surface area contributed by atoms with Crippen molar-refractivity contribution < 1.29 is 0 Å². The SMILES string of the molecule is Cc1ccc(N)c(C(c2ccccc2)c2cccs2)c1. The number of benzene rings is 2. The van der Waals surface area contributed by atoms with Crippen LogP contribution in [0.25, 0.3) is 0 Å². The van der Waals surface area contributed by atoms with Crippen LogP contribution in [0, 0.1) is 6.92 Å². The van der Waals surface area contributed by atoms with Gasteiger partial charge in [0.25, 0.3) is 0 Å². The summed E-state index contributed by atoms with van der Waals surface area (Å²) >= 11 is 1.78. The fourth-order valence-corrected chi connectivity index (χ4v) is 3.41. The van der Waals surface area contributed by atoms with Crippen LogP contribution in [0.4, 0.5) is 5.69 Å². The first-order chi connectivity index (χ1) is 9.75. The molecular weight excluding hydrogens is 262 g/mol. The smallest absolute Gasteiger partial charge is 0.0454 e. The van der Waals surface area contributed by atoms with Crippen molar-refractivity contribution >= 4 is 17.0 Å². The Bertz CT molecular complexity index is 687. The van der Waals surface area contributed by atoms with Gasteiger partial charge in [-0.2, -0.15) is 0 Å². The number of thiophene rings is 1. The average molecular weight is 279 g/mol. The first kappa shape index (κ1) is 12.9. The van der Waals surface area contributed by atoms with Crippen LogP contribution in [0.1, 0.15) is 27.5 Å². The van der Waals surface area contributed by atoms with Crippen LogP contribution >= 0.6 is 11.3 Å². The third-order valence-corrected chi connectivity index (χ3v) is 4.45. The molecule has 1 aromatic heterocycles. The van der Waals surface area contributed by atoms with Crippen LogP contribution in [0.2, 0.25) is 0 Å². The molecule has 2 aromatic carbocycles. The van der Waals surface area contributed by atoms with Gasteiger partial charge in [-0.25, -0.2) is 0 Å². The summed E-state index contributed by atoms with van der Waals surface area (Å²) in [6.45, 7) is 2.11. The van der Waals surface area contributed by atoms with Crippen molar-refractivity contribution in [1.82, 2.24) is 0 Å². The average Bonchev–Trinajstić information content (AvgIpc) is 2.98. The number of hydrogen-bond donors (Lipinski definition) is 1. The molecule has 0 aliphatic heterocycles. The van der Waals surface area contributed by atoms with Crippen molar-refractivity contribution in [2.75, 3.05) is 5.73 Å². The van der Waals surface area contributed by atoms with E-state index in [2.05, 4.69) is 66.9 Å². The van der Waals surface area contributed by atoms with Crippen LogP contribution in [-0.2, 0) is 0 Å². The quantitative estimate of drug-likeness (QED) is 0.683. The van der Waals surface area contributed by atoms with Crippen molar-refractivity contribution in [3.05, 3.63) is 87.6 Å². The van der Waals surface area contributed by atoms with E-state index in [4.69, 9.17) is 5.73 Å². The zero-order valence-electron chi connectivity index (χ0n) is 11.4. The third kappa shape index (κ3) is 2.47. The monoisotopic (exact) mass is 279 g/mol. The van der Waals surface area contributed by atoms with Gasteiger partial charge in [0.05, 0.1) is 0 Å². The van der Waals surface area contributed by atoms with Crippen LogP contribution in [0.3, 0.4) is 0 Å². The van der Waals surface area contributed by atoms with E-state index in [0.717, 1.165) is 5.69 Å². The summed E-state index contributed by atoms with van der Waals surface area (Å²) in [7, 11) is 0.